The van der Waals surface area contributed by atoms with Gasteiger partial charge in [-0.1, -0.05) is 19.1 Å². The normalized spacial score (nSPS) is 18.1. The lowest BCUT2D eigenvalue weighted by Crippen LogP contribution is -2.48. The number of thioether (sulfide) groups is 1. The van der Waals surface area contributed by atoms with Gasteiger partial charge in [0, 0.05) is 50.4 Å². The molecule has 152 valence electrons. The van der Waals surface area contributed by atoms with Crippen molar-refractivity contribution in [2.75, 3.05) is 63.5 Å². The van der Waals surface area contributed by atoms with E-state index < -0.39 is 0 Å². The molecule has 3 rings (SSSR count). The highest BCUT2D eigenvalue weighted by Gasteiger charge is 2.19. The van der Waals surface area contributed by atoms with Crippen molar-refractivity contribution in [1.29, 1.82) is 0 Å². The Morgan fingerprint density at radius 3 is 2.57 bits per heavy atom. The summed E-state index contributed by atoms with van der Waals surface area (Å²) in [6, 6.07) is 7.04. The standard InChI is InChI=1S/C20H28N4O3S/c1-2-23-9-11-24(12-10-23)8-7-21-19(25)16-5-3-4-6-17(16)22-20(26)18-15-28-14-13-27-18/h3-6,15H,2,7-14H2,1H3,(H,21,25)(H,22,26). The molecule has 2 aliphatic rings. The SMILES string of the molecule is CCN1CCN(CCNC(=O)c2ccccc2NC(=O)C2=CSCCO2)CC1. The van der Waals surface area contributed by atoms with Gasteiger partial charge in [0.05, 0.1) is 17.9 Å². The van der Waals surface area contributed by atoms with Crippen LogP contribution in [-0.2, 0) is 9.53 Å². The third-order valence-electron chi connectivity index (χ3n) is 4.92. The van der Waals surface area contributed by atoms with Gasteiger partial charge in [-0.3, -0.25) is 14.5 Å². The van der Waals surface area contributed by atoms with Crippen molar-refractivity contribution in [1.82, 2.24) is 15.1 Å². The van der Waals surface area contributed by atoms with Crippen molar-refractivity contribution in [2.24, 2.45) is 0 Å². The number of amides is 2. The van der Waals surface area contributed by atoms with Gasteiger partial charge in [-0.15, -0.1) is 11.8 Å². The molecule has 0 unspecified atom stereocenters. The van der Waals surface area contributed by atoms with Crippen LogP contribution in [0.15, 0.2) is 35.4 Å². The largest absolute Gasteiger partial charge is 0.487 e. The summed E-state index contributed by atoms with van der Waals surface area (Å²) in [5.74, 6) is 0.610. The summed E-state index contributed by atoms with van der Waals surface area (Å²) in [7, 11) is 0. The van der Waals surface area contributed by atoms with Gasteiger partial charge in [0.15, 0.2) is 5.76 Å². The Balaban J connectivity index is 1.51. The first kappa shape index (κ1) is 20.7. The van der Waals surface area contributed by atoms with Gasteiger partial charge in [0.25, 0.3) is 11.8 Å². The second-order valence-corrected chi connectivity index (χ2v) is 7.71. The van der Waals surface area contributed by atoms with Crippen LogP contribution in [0.4, 0.5) is 5.69 Å². The molecule has 7 nitrogen and oxygen atoms in total. The van der Waals surface area contributed by atoms with E-state index in [0.717, 1.165) is 45.0 Å². The summed E-state index contributed by atoms with van der Waals surface area (Å²) in [6.07, 6.45) is 0. The molecular formula is C20H28N4O3S. The lowest BCUT2D eigenvalue weighted by Gasteiger charge is -2.33. The Morgan fingerprint density at radius 2 is 1.86 bits per heavy atom. The molecule has 0 saturated carbocycles. The maximum Gasteiger partial charge on any atom is 0.291 e. The molecule has 1 aromatic carbocycles. The number of benzene rings is 1. The molecule has 1 fully saturated rings. The molecule has 2 N–H and O–H groups in total. The fourth-order valence-corrected chi connectivity index (χ4v) is 3.84. The van der Waals surface area contributed by atoms with E-state index in [2.05, 4.69) is 27.4 Å². The van der Waals surface area contributed by atoms with Crippen LogP contribution in [0.25, 0.3) is 0 Å². The number of carbonyl (C=O) groups is 2. The minimum atomic E-state index is -0.332. The average molecular weight is 405 g/mol. The van der Waals surface area contributed by atoms with E-state index >= 15 is 0 Å². The van der Waals surface area contributed by atoms with E-state index in [1.807, 2.05) is 0 Å². The fourth-order valence-electron chi connectivity index (χ4n) is 3.21. The molecule has 1 aromatic rings. The van der Waals surface area contributed by atoms with Gasteiger partial charge >= 0.3 is 0 Å². The molecule has 2 amide bonds. The highest BCUT2D eigenvalue weighted by atomic mass is 32.2. The summed E-state index contributed by atoms with van der Waals surface area (Å²) in [5.41, 5.74) is 0.942. The molecule has 28 heavy (non-hydrogen) atoms. The van der Waals surface area contributed by atoms with Crippen LogP contribution in [-0.4, -0.2) is 79.8 Å². The summed E-state index contributed by atoms with van der Waals surface area (Å²) in [6.45, 7) is 9.42. The summed E-state index contributed by atoms with van der Waals surface area (Å²) in [5, 5.41) is 7.47. The van der Waals surface area contributed by atoms with Gasteiger partial charge in [-0.25, -0.2) is 0 Å². The molecule has 2 heterocycles. The van der Waals surface area contributed by atoms with Gasteiger partial charge in [-0.2, -0.15) is 0 Å². The summed E-state index contributed by atoms with van der Waals surface area (Å²) in [4.78, 5) is 29.8. The first-order chi connectivity index (χ1) is 13.7. The monoisotopic (exact) mass is 404 g/mol. The van der Waals surface area contributed by atoms with Gasteiger partial charge < -0.3 is 20.3 Å². The topological polar surface area (TPSA) is 73.9 Å². The third-order valence-corrected chi connectivity index (χ3v) is 5.70. The Morgan fingerprint density at radius 1 is 1.11 bits per heavy atom. The van der Waals surface area contributed by atoms with E-state index in [-0.39, 0.29) is 17.6 Å². The maximum atomic E-state index is 12.6. The fraction of sp³-hybridized carbons (Fsp3) is 0.500. The second kappa shape index (κ2) is 10.5. The van der Waals surface area contributed by atoms with Gasteiger partial charge in [0.1, 0.15) is 0 Å². The molecule has 2 aliphatic heterocycles. The van der Waals surface area contributed by atoms with Crippen molar-refractivity contribution in [3.8, 4) is 0 Å². The lowest BCUT2D eigenvalue weighted by atomic mass is 10.1. The molecule has 0 aromatic heterocycles. The van der Waals surface area contributed by atoms with Crippen molar-refractivity contribution in [2.45, 2.75) is 6.92 Å². The molecule has 1 saturated heterocycles. The van der Waals surface area contributed by atoms with Crippen LogP contribution in [0, 0.1) is 0 Å². The van der Waals surface area contributed by atoms with Crippen LogP contribution < -0.4 is 10.6 Å². The number of piperazine rings is 1. The zero-order valence-corrected chi connectivity index (χ0v) is 17.1. The quantitative estimate of drug-likeness (QED) is 0.719. The van der Waals surface area contributed by atoms with Crippen LogP contribution in [0.5, 0.6) is 0 Å². The van der Waals surface area contributed by atoms with Crippen molar-refractivity contribution in [3.05, 3.63) is 41.0 Å². The summed E-state index contributed by atoms with van der Waals surface area (Å²) >= 11 is 1.54. The predicted octanol–water partition coefficient (Wildman–Crippen LogP) is 1.60. The van der Waals surface area contributed by atoms with Crippen LogP contribution in [0.3, 0.4) is 0 Å². The minimum absolute atomic E-state index is 0.184. The summed E-state index contributed by atoms with van der Waals surface area (Å²) < 4.78 is 5.38. The number of hydrogen-bond acceptors (Lipinski definition) is 6. The first-order valence-electron chi connectivity index (χ1n) is 9.75. The number of likely N-dealkylation sites (N-methyl/N-ethyl adjacent to an activating group) is 1. The number of anilines is 1. The minimum Gasteiger partial charge on any atom is -0.487 e. The second-order valence-electron chi connectivity index (χ2n) is 6.73. The number of nitrogens with one attached hydrogen (secondary N) is 2. The Hall–Kier alpha value is -2.03. The lowest BCUT2D eigenvalue weighted by molar-refractivity contribution is -0.116. The van der Waals surface area contributed by atoms with E-state index in [0.29, 0.717) is 24.4 Å². The highest BCUT2D eigenvalue weighted by molar-refractivity contribution is 8.02. The smallest absolute Gasteiger partial charge is 0.291 e. The van der Waals surface area contributed by atoms with E-state index in [9.17, 15) is 9.59 Å². The Kier molecular flexibility index (Phi) is 7.76. The van der Waals surface area contributed by atoms with E-state index in [4.69, 9.17) is 4.74 Å². The van der Waals surface area contributed by atoms with Gasteiger partial charge in [0.2, 0.25) is 0 Å². The molecule has 0 aliphatic carbocycles. The number of para-hydroxylation sites is 1. The maximum absolute atomic E-state index is 12.6. The van der Waals surface area contributed by atoms with Crippen LogP contribution >= 0.6 is 11.8 Å². The van der Waals surface area contributed by atoms with Crippen molar-refractivity contribution in [3.63, 3.8) is 0 Å². The number of hydrogen-bond donors (Lipinski definition) is 2. The average Bonchev–Trinajstić information content (AvgIpc) is 2.75. The number of rotatable bonds is 7. The van der Waals surface area contributed by atoms with E-state index in [1.54, 1.807) is 41.4 Å². The van der Waals surface area contributed by atoms with E-state index in [1.165, 1.54) is 0 Å². The Labute approximate surface area is 170 Å². The number of ether oxygens (including phenoxy) is 1. The molecule has 0 bridgehead atoms. The molecule has 8 heteroatoms. The zero-order valence-electron chi connectivity index (χ0n) is 16.3. The van der Waals surface area contributed by atoms with Crippen molar-refractivity contribution >= 4 is 29.3 Å². The van der Waals surface area contributed by atoms with Crippen LogP contribution in [0.1, 0.15) is 17.3 Å². The Bertz CT molecular complexity index is 717. The molecule has 0 spiro atoms. The highest BCUT2D eigenvalue weighted by Crippen LogP contribution is 2.19. The number of carbonyl (C=O) groups excluding carboxylic acids is 2. The number of nitrogens with zero attached hydrogens (tertiary/aromatic N) is 2. The molecular weight excluding hydrogens is 376 g/mol. The first-order valence-corrected chi connectivity index (χ1v) is 10.8. The molecule has 0 atom stereocenters. The van der Waals surface area contributed by atoms with Crippen molar-refractivity contribution < 1.29 is 14.3 Å². The van der Waals surface area contributed by atoms with Crippen LogP contribution in [0.2, 0.25) is 0 Å². The zero-order chi connectivity index (χ0) is 19.8. The van der Waals surface area contributed by atoms with Gasteiger partial charge in [-0.05, 0) is 18.7 Å². The third kappa shape index (κ3) is 5.73. The predicted molar refractivity (Wildman–Crippen MR) is 112 cm³/mol. The molecule has 0 radical (unpaired) electrons.